The summed E-state index contributed by atoms with van der Waals surface area (Å²) in [4.78, 5) is 22.5. The van der Waals surface area contributed by atoms with Crippen molar-refractivity contribution in [3.63, 3.8) is 0 Å². The predicted octanol–water partition coefficient (Wildman–Crippen LogP) is 3.85. The zero-order valence-corrected chi connectivity index (χ0v) is 14.6. The number of hydrogen-bond acceptors (Lipinski definition) is 4. The van der Waals surface area contributed by atoms with Crippen LogP contribution in [0.3, 0.4) is 0 Å². The van der Waals surface area contributed by atoms with Gasteiger partial charge < -0.3 is 14.4 Å². The molecule has 134 valence electrons. The zero-order valence-electron chi connectivity index (χ0n) is 14.6. The number of nitrogens with zero attached hydrogens (tertiary/aromatic N) is 3. The second-order valence-electron chi connectivity index (χ2n) is 6.81. The summed E-state index contributed by atoms with van der Waals surface area (Å²) in [6.07, 6.45) is 2.62. The van der Waals surface area contributed by atoms with Crippen molar-refractivity contribution in [3.8, 4) is 11.4 Å². The molecule has 4 aromatic rings. The Labute approximate surface area is 155 Å². The molecule has 0 spiro atoms. The number of fused-ring (bicyclic) bond motifs is 1. The molecule has 0 bridgehead atoms. The Hall–Kier alpha value is -3.41. The summed E-state index contributed by atoms with van der Waals surface area (Å²) in [5.74, 6) is 1.30. The number of rotatable bonds is 3. The van der Waals surface area contributed by atoms with Crippen LogP contribution < -0.4 is 0 Å². The molecule has 6 heteroatoms. The molecule has 3 heterocycles. The Morgan fingerprint density at radius 1 is 1.11 bits per heavy atom. The average Bonchev–Trinajstić information content (AvgIpc) is 3.46. The number of carbonyl (C=O) groups is 1. The quantitative estimate of drug-likeness (QED) is 0.604. The van der Waals surface area contributed by atoms with E-state index in [9.17, 15) is 4.79 Å². The first kappa shape index (κ1) is 15.8. The lowest BCUT2D eigenvalue weighted by Gasteiger charge is -2.15. The fourth-order valence-corrected chi connectivity index (χ4v) is 3.67. The van der Waals surface area contributed by atoms with Crippen molar-refractivity contribution in [2.45, 2.75) is 12.3 Å². The van der Waals surface area contributed by atoms with Gasteiger partial charge in [0, 0.05) is 35.8 Å². The highest BCUT2D eigenvalue weighted by atomic mass is 16.5. The maximum Gasteiger partial charge on any atom is 0.256 e. The second-order valence-corrected chi connectivity index (χ2v) is 6.81. The van der Waals surface area contributed by atoms with Crippen LogP contribution in [0.4, 0.5) is 0 Å². The lowest BCUT2D eigenvalue weighted by Crippen LogP contribution is -2.28. The summed E-state index contributed by atoms with van der Waals surface area (Å²) >= 11 is 0. The maximum atomic E-state index is 13.0. The SMILES string of the molecule is O=C(c1c[nH]c2ccccc12)N1CCC(c2nc(-c3ccccc3)no2)C1. The van der Waals surface area contributed by atoms with E-state index in [2.05, 4.69) is 15.1 Å². The first-order valence-corrected chi connectivity index (χ1v) is 9.04. The highest BCUT2D eigenvalue weighted by molar-refractivity contribution is 6.06. The minimum Gasteiger partial charge on any atom is -0.360 e. The van der Waals surface area contributed by atoms with E-state index in [-0.39, 0.29) is 11.8 Å². The zero-order chi connectivity index (χ0) is 18.2. The third kappa shape index (κ3) is 2.79. The van der Waals surface area contributed by atoms with E-state index in [0.717, 1.165) is 22.9 Å². The molecule has 1 atom stereocenters. The van der Waals surface area contributed by atoms with Crippen molar-refractivity contribution in [2.24, 2.45) is 0 Å². The highest BCUT2D eigenvalue weighted by Crippen LogP contribution is 2.30. The van der Waals surface area contributed by atoms with Crippen LogP contribution in [0.15, 0.2) is 65.3 Å². The van der Waals surface area contributed by atoms with Gasteiger partial charge in [0.15, 0.2) is 0 Å². The molecule has 1 saturated heterocycles. The summed E-state index contributed by atoms with van der Waals surface area (Å²) in [5, 5.41) is 5.05. The molecule has 1 aliphatic rings. The summed E-state index contributed by atoms with van der Waals surface area (Å²) in [5.41, 5.74) is 2.61. The molecule has 1 amide bonds. The van der Waals surface area contributed by atoms with Crippen molar-refractivity contribution in [1.29, 1.82) is 0 Å². The number of benzene rings is 2. The number of carbonyl (C=O) groups excluding carboxylic acids is 1. The molecule has 2 aromatic carbocycles. The third-order valence-electron chi connectivity index (χ3n) is 5.12. The van der Waals surface area contributed by atoms with E-state index in [4.69, 9.17) is 4.52 Å². The lowest BCUT2D eigenvalue weighted by atomic mass is 10.1. The number of para-hydroxylation sites is 1. The topological polar surface area (TPSA) is 75.0 Å². The van der Waals surface area contributed by atoms with Gasteiger partial charge in [-0.1, -0.05) is 53.7 Å². The first-order chi connectivity index (χ1) is 13.3. The van der Waals surface area contributed by atoms with Gasteiger partial charge in [-0.15, -0.1) is 0 Å². The standard InChI is InChI=1S/C21H18N4O2/c26-21(17-12-22-18-9-5-4-8-16(17)18)25-11-10-15(13-25)20-23-19(24-27-20)14-6-2-1-3-7-14/h1-9,12,15,22H,10-11,13H2. The van der Waals surface area contributed by atoms with Gasteiger partial charge >= 0.3 is 0 Å². The molecule has 1 aliphatic heterocycles. The van der Waals surface area contributed by atoms with Gasteiger partial charge in [0.25, 0.3) is 5.91 Å². The van der Waals surface area contributed by atoms with Gasteiger partial charge in [0.1, 0.15) is 0 Å². The first-order valence-electron chi connectivity index (χ1n) is 9.04. The monoisotopic (exact) mass is 358 g/mol. The fourth-order valence-electron chi connectivity index (χ4n) is 3.67. The highest BCUT2D eigenvalue weighted by Gasteiger charge is 2.32. The number of aromatic nitrogens is 3. The van der Waals surface area contributed by atoms with Crippen LogP contribution in [-0.2, 0) is 0 Å². The molecular formula is C21H18N4O2. The van der Waals surface area contributed by atoms with Gasteiger partial charge in [0.2, 0.25) is 11.7 Å². The van der Waals surface area contributed by atoms with Crippen molar-refractivity contribution < 1.29 is 9.32 Å². The van der Waals surface area contributed by atoms with E-state index >= 15 is 0 Å². The minimum absolute atomic E-state index is 0.0396. The number of H-pyrrole nitrogens is 1. The van der Waals surface area contributed by atoms with Crippen LogP contribution in [-0.4, -0.2) is 39.0 Å². The second kappa shape index (κ2) is 6.39. The van der Waals surface area contributed by atoms with Crippen LogP contribution in [0.2, 0.25) is 0 Å². The summed E-state index contributed by atoms with van der Waals surface area (Å²) in [6, 6.07) is 17.6. The number of amides is 1. The summed E-state index contributed by atoms with van der Waals surface area (Å²) in [7, 11) is 0. The van der Waals surface area contributed by atoms with Crippen molar-refractivity contribution >= 4 is 16.8 Å². The van der Waals surface area contributed by atoms with E-state index in [1.807, 2.05) is 59.5 Å². The van der Waals surface area contributed by atoms with Gasteiger partial charge in [-0.25, -0.2) is 0 Å². The van der Waals surface area contributed by atoms with Gasteiger partial charge in [-0.2, -0.15) is 4.98 Å². The molecule has 5 rings (SSSR count). The van der Waals surface area contributed by atoms with E-state index in [0.29, 0.717) is 30.4 Å². The molecule has 6 nitrogen and oxygen atoms in total. The van der Waals surface area contributed by atoms with Crippen molar-refractivity contribution in [2.75, 3.05) is 13.1 Å². The average molecular weight is 358 g/mol. The molecule has 0 saturated carbocycles. The van der Waals surface area contributed by atoms with Gasteiger partial charge in [0.05, 0.1) is 11.5 Å². The van der Waals surface area contributed by atoms with E-state index in [1.165, 1.54) is 0 Å². The Morgan fingerprint density at radius 2 is 1.93 bits per heavy atom. The molecule has 1 unspecified atom stereocenters. The normalized spacial score (nSPS) is 16.9. The smallest absolute Gasteiger partial charge is 0.256 e. The number of likely N-dealkylation sites (tertiary alicyclic amines) is 1. The number of hydrogen-bond donors (Lipinski definition) is 1. The Kier molecular flexibility index (Phi) is 3.74. The van der Waals surface area contributed by atoms with Crippen LogP contribution in [0.25, 0.3) is 22.3 Å². The number of nitrogens with one attached hydrogen (secondary N) is 1. The molecule has 0 aliphatic carbocycles. The van der Waals surface area contributed by atoms with E-state index < -0.39 is 0 Å². The maximum absolute atomic E-state index is 13.0. The van der Waals surface area contributed by atoms with Crippen molar-refractivity contribution in [3.05, 3.63) is 72.2 Å². The minimum atomic E-state index is 0.0396. The summed E-state index contributed by atoms with van der Waals surface area (Å²) < 4.78 is 5.49. The summed E-state index contributed by atoms with van der Waals surface area (Å²) in [6.45, 7) is 1.28. The van der Waals surface area contributed by atoms with E-state index in [1.54, 1.807) is 6.20 Å². The van der Waals surface area contributed by atoms with Crippen LogP contribution in [0.1, 0.15) is 28.6 Å². The van der Waals surface area contributed by atoms with Crippen LogP contribution >= 0.6 is 0 Å². The fraction of sp³-hybridized carbons (Fsp3) is 0.190. The third-order valence-corrected chi connectivity index (χ3v) is 5.12. The lowest BCUT2D eigenvalue weighted by molar-refractivity contribution is 0.0791. The van der Waals surface area contributed by atoms with Crippen molar-refractivity contribution in [1.82, 2.24) is 20.0 Å². The molecular weight excluding hydrogens is 340 g/mol. The van der Waals surface area contributed by atoms with Gasteiger partial charge in [-0.05, 0) is 12.5 Å². The largest absolute Gasteiger partial charge is 0.360 e. The van der Waals surface area contributed by atoms with Crippen LogP contribution in [0.5, 0.6) is 0 Å². The Morgan fingerprint density at radius 3 is 2.81 bits per heavy atom. The Balaban J connectivity index is 1.34. The molecule has 2 aromatic heterocycles. The number of aromatic amines is 1. The molecule has 1 fully saturated rings. The van der Waals surface area contributed by atoms with Gasteiger partial charge in [-0.3, -0.25) is 4.79 Å². The molecule has 27 heavy (non-hydrogen) atoms. The predicted molar refractivity (Wildman–Crippen MR) is 101 cm³/mol. The molecule has 1 N–H and O–H groups in total. The Bertz CT molecular complexity index is 1100. The van der Waals surface area contributed by atoms with Crippen LogP contribution in [0, 0.1) is 0 Å². The molecule has 0 radical (unpaired) electrons.